The second-order valence-electron chi connectivity index (χ2n) is 6.33. The van der Waals surface area contributed by atoms with Gasteiger partial charge in [0, 0.05) is 17.3 Å². The molecule has 2 rings (SSSR count). The molecule has 0 saturated heterocycles. The van der Waals surface area contributed by atoms with Crippen molar-refractivity contribution in [1.29, 1.82) is 0 Å². The Bertz CT molecular complexity index is 753. The molecule has 2 N–H and O–H groups in total. The second-order valence-corrected chi connectivity index (χ2v) is 7.73. The predicted molar refractivity (Wildman–Crippen MR) is 116 cm³/mol. The van der Waals surface area contributed by atoms with E-state index in [1.807, 2.05) is 54.6 Å². The van der Waals surface area contributed by atoms with E-state index in [-0.39, 0.29) is 17.6 Å². The molecule has 28 heavy (non-hydrogen) atoms. The van der Waals surface area contributed by atoms with Gasteiger partial charge in [-0.2, -0.15) is 24.4 Å². The average Bonchev–Trinajstić information content (AvgIpc) is 2.72. The minimum Gasteiger partial charge on any atom is -0.497 e. The molecule has 0 saturated carbocycles. The lowest BCUT2D eigenvalue weighted by molar-refractivity contribution is -0.141. The van der Waals surface area contributed by atoms with E-state index in [2.05, 4.69) is 17.9 Å². The molecule has 2 aromatic rings. The molecule has 0 bridgehead atoms. The number of thioether (sulfide) groups is 1. The van der Waals surface area contributed by atoms with Crippen molar-refractivity contribution in [2.75, 3.05) is 18.6 Å². The van der Waals surface area contributed by atoms with Crippen LogP contribution < -0.4 is 10.1 Å². The number of benzene rings is 2. The lowest BCUT2D eigenvalue weighted by atomic mass is 10.00. The highest BCUT2D eigenvalue weighted by molar-refractivity contribution is 7.98. The first-order valence-corrected chi connectivity index (χ1v) is 10.7. The van der Waals surface area contributed by atoms with Crippen LogP contribution in [0.3, 0.4) is 0 Å². The van der Waals surface area contributed by atoms with Crippen molar-refractivity contribution in [1.82, 2.24) is 5.32 Å². The molecular formula is C21H25NO4S2. The summed E-state index contributed by atoms with van der Waals surface area (Å²) in [6, 6.07) is 16.3. The number of carboxylic acid groups (broad SMARTS) is 1. The summed E-state index contributed by atoms with van der Waals surface area (Å²) >= 11 is 5.74. The van der Waals surface area contributed by atoms with Gasteiger partial charge < -0.3 is 15.2 Å². The molecule has 2 atom stereocenters. The first kappa shape index (κ1) is 22.2. The quantitative estimate of drug-likeness (QED) is 0.488. The molecule has 2 aromatic carbocycles. The Hall–Kier alpha value is -2.12. The molecule has 0 aliphatic heterocycles. The number of carbonyl (C=O) groups excluding carboxylic acids is 1. The number of nitrogens with one attached hydrogen (secondary N) is 1. The van der Waals surface area contributed by atoms with Gasteiger partial charge in [-0.25, -0.2) is 4.79 Å². The minimum absolute atomic E-state index is 0.281. The third-order valence-electron chi connectivity index (χ3n) is 4.24. The fourth-order valence-corrected chi connectivity index (χ4v) is 3.92. The summed E-state index contributed by atoms with van der Waals surface area (Å²) in [5.41, 5.74) is 2.09. The summed E-state index contributed by atoms with van der Waals surface area (Å²) in [7, 11) is 1.61. The number of carbonyl (C=O) groups is 2. The molecule has 0 aromatic heterocycles. The summed E-state index contributed by atoms with van der Waals surface area (Å²) < 4.78 is 5.12. The first-order chi connectivity index (χ1) is 13.5. The van der Waals surface area contributed by atoms with E-state index in [1.54, 1.807) is 7.11 Å². The second kappa shape index (κ2) is 11.7. The molecule has 1 amide bonds. The number of amides is 1. The predicted octanol–water partition coefficient (Wildman–Crippen LogP) is 3.29. The molecule has 150 valence electrons. The van der Waals surface area contributed by atoms with Crippen molar-refractivity contribution in [3.05, 3.63) is 65.7 Å². The minimum atomic E-state index is -1.03. The van der Waals surface area contributed by atoms with Crippen molar-refractivity contribution >= 4 is 36.3 Å². The van der Waals surface area contributed by atoms with Crippen LogP contribution in [0.15, 0.2) is 54.6 Å². The van der Waals surface area contributed by atoms with Gasteiger partial charge in [0.2, 0.25) is 5.91 Å². The van der Waals surface area contributed by atoms with E-state index in [0.717, 1.165) is 16.9 Å². The van der Waals surface area contributed by atoms with E-state index in [4.69, 9.17) is 4.74 Å². The Balaban J connectivity index is 1.87. The normalized spacial score (nSPS) is 12.8. The summed E-state index contributed by atoms with van der Waals surface area (Å²) in [4.78, 5) is 24.1. The zero-order valence-electron chi connectivity index (χ0n) is 15.7. The average molecular weight is 420 g/mol. The van der Waals surface area contributed by atoms with E-state index in [0.29, 0.717) is 17.9 Å². The van der Waals surface area contributed by atoms with Crippen LogP contribution in [-0.2, 0) is 21.8 Å². The SMILES string of the molecule is COc1ccc(CSC[C@@H](NC(=O)[C@@H](CS)Cc2ccccc2)C(=O)O)cc1. The number of rotatable bonds is 11. The van der Waals surface area contributed by atoms with E-state index in [9.17, 15) is 14.7 Å². The molecule has 0 aliphatic carbocycles. The first-order valence-electron chi connectivity index (χ1n) is 8.92. The van der Waals surface area contributed by atoms with Gasteiger partial charge in [-0.1, -0.05) is 42.5 Å². The largest absolute Gasteiger partial charge is 0.497 e. The Morgan fingerprint density at radius 1 is 1.11 bits per heavy atom. The molecule has 0 fully saturated rings. The number of carboxylic acids is 1. The van der Waals surface area contributed by atoms with Crippen LogP contribution in [0.2, 0.25) is 0 Å². The number of thiol groups is 1. The lowest BCUT2D eigenvalue weighted by Crippen LogP contribution is -2.46. The third kappa shape index (κ3) is 7.13. The highest BCUT2D eigenvalue weighted by Crippen LogP contribution is 2.18. The summed E-state index contributed by atoms with van der Waals surface area (Å²) in [5, 5.41) is 12.1. The van der Waals surface area contributed by atoms with Crippen molar-refractivity contribution in [2.24, 2.45) is 5.92 Å². The fourth-order valence-electron chi connectivity index (χ4n) is 2.62. The Morgan fingerprint density at radius 2 is 1.79 bits per heavy atom. The summed E-state index contributed by atoms with van der Waals surface area (Å²) in [6.07, 6.45) is 0.529. The van der Waals surface area contributed by atoms with Crippen LogP contribution >= 0.6 is 24.4 Å². The van der Waals surface area contributed by atoms with Crippen LogP contribution in [0.25, 0.3) is 0 Å². The van der Waals surface area contributed by atoms with Crippen LogP contribution in [-0.4, -0.2) is 41.6 Å². The molecule has 0 radical (unpaired) electrons. The van der Waals surface area contributed by atoms with Crippen molar-refractivity contribution in [3.63, 3.8) is 0 Å². The third-order valence-corrected chi connectivity index (χ3v) is 5.79. The Labute approximate surface area is 175 Å². The number of methoxy groups -OCH3 is 1. The van der Waals surface area contributed by atoms with Crippen LogP contribution in [0.4, 0.5) is 0 Å². The maximum atomic E-state index is 12.6. The lowest BCUT2D eigenvalue weighted by Gasteiger charge is -2.19. The maximum absolute atomic E-state index is 12.6. The monoisotopic (exact) mass is 419 g/mol. The molecule has 0 aliphatic rings. The van der Waals surface area contributed by atoms with Gasteiger partial charge in [-0.05, 0) is 29.7 Å². The highest BCUT2D eigenvalue weighted by atomic mass is 32.2. The zero-order chi connectivity index (χ0) is 20.4. The molecule has 0 unspecified atom stereocenters. The van der Waals surface area contributed by atoms with Gasteiger partial charge in [0.25, 0.3) is 0 Å². The molecule has 7 heteroatoms. The molecule has 5 nitrogen and oxygen atoms in total. The molecule has 0 heterocycles. The van der Waals surface area contributed by atoms with E-state index in [1.165, 1.54) is 11.8 Å². The summed E-state index contributed by atoms with van der Waals surface area (Å²) in [5.74, 6) is 0.386. The Morgan fingerprint density at radius 3 is 2.36 bits per heavy atom. The van der Waals surface area contributed by atoms with E-state index >= 15 is 0 Å². The van der Waals surface area contributed by atoms with Gasteiger partial charge in [-0.15, -0.1) is 0 Å². The zero-order valence-corrected chi connectivity index (χ0v) is 17.4. The van der Waals surface area contributed by atoms with Crippen LogP contribution in [0.1, 0.15) is 11.1 Å². The number of ether oxygens (including phenoxy) is 1. The number of aliphatic carboxylic acids is 1. The molecular weight excluding hydrogens is 394 g/mol. The number of hydrogen-bond acceptors (Lipinski definition) is 5. The molecule has 0 spiro atoms. The van der Waals surface area contributed by atoms with Gasteiger partial charge in [-0.3, -0.25) is 4.79 Å². The standard InChI is InChI=1S/C21H25NO4S2/c1-26-18-9-7-16(8-10-18)13-28-14-19(21(24)25)22-20(23)17(12-27)11-15-5-3-2-4-6-15/h2-10,17,19,27H,11-14H2,1H3,(H,22,23)(H,24,25)/t17-,19-/m1/s1. The van der Waals surface area contributed by atoms with Crippen molar-refractivity contribution < 1.29 is 19.4 Å². The van der Waals surface area contributed by atoms with Crippen molar-refractivity contribution in [3.8, 4) is 5.75 Å². The van der Waals surface area contributed by atoms with E-state index < -0.39 is 12.0 Å². The van der Waals surface area contributed by atoms with Gasteiger partial charge >= 0.3 is 5.97 Å². The van der Waals surface area contributed by atoms with Gasteiger partial charge in [0.1, 0.15) is 11.8 Å². The topological polar surface area (TPSA) is 75.6 Å². The van der Waals surface area contributed by atoms with Crippen LogP contribution in [0, 0.1) is 5.92 Å². The summed E-state index contributed by atoms with van der Waals surface area (Å²) in [6.45, 7) is 0. The Kier molecular flexibility index (Phi) is 9.23. The van der Waals surface area contributed by atoms with Gasteiger partial charge in [0.15, 0.2) is 0 Å². The maximum Gasteiger partial charge on any atom is 0.327 e. The van der Waals surface area contributed by atoms with Crippen molar-refractivity contribution in [2.45, 2.75) is 18.2 Å². The van der Waals surface area contributed by atoms with Gasteiger partial charge in [0.05, 0.1) is 13.0 Å². The highest BCUT2D eigenvalue weighted by Gasteiger charge is 2.24. The smallest absolute Gasteiger partial charge is 0.327 e. The number of hydrogen-bond donors (Lipinski definition) is 3. The van der Waals surface area contributed by atoms with Crippen LogP contribution in [0.5, 0.6) is 5.75 Å². The fraction of sp³-hybridized carbons (Fsp3) is 0.333.